The van der Waals surface area contributed by atoms with Crippen molar-refractivity contribution in [3.05, 3.63) is 0 Å². The number of hydrogen-bond donors (Lipinski definition) is 1. The lowest BCUT2D eigenvalue weighted by Crippen LogP contribution is -2.46. The fourth-order valence-electron chi connectivity index (χ4n) is 1.70. The molecule has 1 N–H and O–H groups in total. The van der Waals surface area contributed by atoms with Crippen molar-refractivity contribution in [2.24, 2.45) is 5.41 Å². The number of rotatable bonds is 9. The molecule has 0 amide bonds. The molecule has 1 heterocycles. The Bertz CT molecular complexity index is 221. The van der Waals surface area contributed by atoms with E-state index >= 15 is 0 Å². The van der Waals surface area contributed by atoms with Crippen LogP contribution in [0, 0.1) is 5.41 Å². The maximum atomic E-state index is 11.5. The largest absolute Gasteiger partial charge is 0.465 e. The van der Waals surface area contributed by atoms with Gasteiger partial charge in [-0.2, -0.15) is 0 Å². The Morgan fingerprint density at radius 1 is 1.35 bits per heavy atom. The number of carbonyl (C=O) groups is 1. The Morgan fingerprint density at radius 2 is 2.12 bits per heavy atom. The van der Waals surface area contributed by atoms with E-state index in [2.05, 4.69) is 19.2 Å². The van der Waals surface area contributed by atoms with Crippen LogP contribution in [0.15, 0.2) is 0 Å². The lowest BCUT2D eigenvalue weighted by atomic mass is 9.84. The Kier molecular flexibility index (Phi) is 6.52. The summed E-state index contributed by atoms with van der Waals surface area (Å²) in [5.41, 5.74) is 0.102. The highest BCUT2D eigenvalue weighted by molar-refractivity contribution is 5.69. The molecule has 1 saturated heterocycles. The van der Waals surface area contributed by atoms with E-state index in [-0.39, 0.29) is 11.4 Å². The van der Waals surface area contributed by atoms with Crippen molar-refractivity contribution in [3.63, 3.8) is 0 Å². The third kappa shape index (κ3) is 5.04. The van der Waals surface area contributed by atoms with Crippen LogP contribution < -0.4 is 5.32 Å². The number of carbonyl (C=O) groups excluding carboxylic acids is 1. The molecule has 0 aromatic heterocycles. The summed E-state index contributed by atoms with van der Waals surface area (Å²) in [5, 5.41) is 3.23. The standard InChI is InChI=1S/C13H25NO3/c1-3-5-7-14-8-6-12(15)17-11-13(4-2)9-16-10-13/h14H,3-11H2,1-2H3. The zero-order valence-electron chi connectivity index (χ0n) is 11.1. The maximum absolute atomic E-state index is 11.5. The molecular weight excluding hydrogens is 218 g/mol. The summed E-state index contributed by atoms with van der Waals surface area (Å²) in [6, 6.07) is 0. The SMILES string of the molecule is CCCCNCCC(=O)OCC1(CC)COC1. The smallest absolute Gasteiger partial charge is 0.307 e. The molecule has 4 nitrogen and oxygen atoms in total. The number of hydrogen-bond acceptors (Lipinski definition) is 4. The van der Waals surface area contributed by atoms with Gasteiger partial charge in [0.05, 0.1) is 25.0 Å². The Morgan fingerprint density at radius 3 is 2.65 bits per heavy atom. The summed E-state index contributed by atoms with van der Waals surface area (Å²) in [7, 11) is 0. The molecule has 1 aliphatic heterocycles. The van der Waals surface area contributed by atoms with Crippen LogP contribution in [0.1, 0.15) is 39.5 Å². The number of unbranched alkanes of at least 4 members (excludes halogenated alkanes) is 1. The molecule has 100 valence electrons. The Hall–Kier alpha value is -0.610. The molecule has 0 aromatic rings. The fraction of sp³-hybridized carbons (Fsp3) is 0.923. The second-order valence-electron chi connectivity index (χ2n) is 4.86. The molecule has 1 rings (SSSR count). The van der Waals surface area contributed by atoms with Crippen LogP contribution in [-0.4, -0.2) is 38.9 Å². The summed E-state index contributed by atoms with van der Waals surface area (Å²) >= 11 is 0. The normalized spacial score (nSPS) is 17.5. The molecule has 0 saturated carbocycles. The predicted octanol–water partition coefficient (Wildman–Crippen LogP) is 1.74. The van der Waals surface area contributed by atoms with Crippen LogP contribution in [0.25, 0.3) is 0 Å². The first-order valence-electron chi connectivity index (χ1n) is 6.66. The van der Waals surface area contributed by atoms with Gasteiger partial charge in [0.15, 0.2) is 0 Å². The monoisotopic (exact) mass is 243 g/mol. The summed E-state index contributed by atoms with van der Waals surface area (Å²) < 4.78 is 10.5. The van der Waals surface area contributed by atoms with Gasteiger partial charge < -0.3 is 14.8 Å². The first kappa shape index (κ1) is 14.5. The fourth-order valence-corrected chi connectivity index (χ4v) is 1.70. The molecule has 1 fully saturated rings. The first-order valence-corrected chi connectivity index (χ1v) is 6.66. The molecule has 0 bridgehead atoms. The van der Waals surface area contributed by atoms with Gasteiger partial charge in [-0.25, -0.2) is 0 Å². The molecule has 0 atom stereocenters. The van der Waals surface area contributed by atoms with E-state index in [1.165, 1.54) is 6.42 Å². The van der Waals surface area contributed by atoms with E-state index in [1.54, 1.807) is 0 Å². The van der Waals surface area contributed by atoms with E-state index in [0.29, 0.717) is 19.6 Å². The highest BCUT2D eigenvalue weighted by Gasteiger charge is 2.38. The quantitative estimate of drug-likeness (QED) is 0.495. The molecule has 0 aromatic carbocycles. The molecule has 1 aliphatic rings. The molecule has 0 aliphatic carbocycles. The molecule has 0 radical (unpaired) electrons. The topological polar surface area (TPSA) is 47.6 Å². The molecule has 17 heavy (non-hydrogen) atoms. The summed E-state index contributed by atoms with van der Waals surface area (Å²) in [5.74, 6) is -0.103. The lowest BCUT2D eigenvalue weighted by molar-refractivity contribution is -0.170. The van der Waals surface area contributed by atoms with Crippen molar-refractivity contribution in [2.75, 3.05) is 32.9 Å². The van der Waals surface area contributed by atoms with E-state index in [1.807, 2.05) is 0 Å². The van der Waals surface area contributed by atoms with Gasteiger partial charge in [-0.1, -0.05) is 20.3 Å². The van der Waals surface area contributed by atoms with Crippen LogP contribution in [0.3, 0.4) is 0 Å². The maximum Gasteiger partial charge on any atom is 0.307 e. The highest BCUT2D eigenvalue weighted by Crippen LogP contribution is 2.31. The minimum Gasteiger partial charge on any atom is -0.465 e. The van der Waals surface area contributed by atoms with Crippen molar-refractivity contribution in [1.29, 1.82) is 0 Å². The Labute approximate surface area is 104 Å². The van der Waals surface area contributed by atoms with Gasteiger partial charge in [-0.05, 0) is 19.4 Å². The zero-order valence-corrected chi connectivity index (χ0v) is 11.1. The van der Waals surface area contributed by atoms with Crippen LogP contribution in [0.4, 0.5) is 0 Å². The minimum absolute atomic E-state index is 0.102. The van der Waals surface area contributed by atoms with Crippen molar-refractivity contribution in [1.82, 2.24) is 5.32 Å². The Balaban J connectivity index is 2.01. The minimum atomic E-state index is -0.103. The molecular formula is C13H25NO3. The number of esters is 1. The highest BCUT2D eigenvalue weighted by atomic mass is 16.5. The van der Waals surface area contributed by atoms with Gasteiger partial charge in [0, 0.05) is 6.54 Å². The van der Waals surface area contributed by atoms with Crippen LogP contribution >= 0.6 is 0 Å². The van der Waals surface area contributed by atoms with Gasteiger partial charge in [0.25, 0.3) is 0 Å². The second kappa shape index (κ2) is 7.67. The molecule has 0 spiro atoms. The molecule has 0 unspecified atom stereocenters. The lowest BCUT2D eigenvalue weighted by Gasteiger charge is -2.39. The van der Waals surface area contributed by atoms with Crippen LogP contribution in [0.5, 0.6) is 0 Å². The van der Waals surface area contributed by atoms with Crippen molar-refractivity contribution >= 4 is 5.97 Å². The van der Waals surface area contributed by atoms with Crippen molar-refractivity contribution in [3.8, 4) is 0 Å². The van der Waals surface area contributed by atoms with E-state index < -0.39 is 0 Å². The van der Waals surface area contributed by atoms with Gasteiger partial charge >= 0.3 is 5.97 Å². The van der Waals surface area contributed by atoms with Gasteiger partial charge in [-0.15, -0.1) is 0 Å². The van der Waals surface area contributed by atoms with Crippen LogP contribution in [-0.2, 0) is 14.3 Å². The summed E-state index contributed by atoms with van der Waals surface area (Å²) in [4.78, 5) is 11.5. The predicted molar refractivity (Wildman–Crippen MR) is 66.9 cm³/mol. The molecule has 4 heteroatoms. The zero-order chi connectivity index (χ0) is 12.6. The third-order valence-electron chi connectivity index (χ3n) is 3.32. The average Bonchev–Trinajstić information content (AvgIpc) is 2.28. The van der Waals surface area contributed by atoms with Gasteiger partial charge in [-0.3, -0.25) is 4.79 Å². The van der Waals surface area contributed by atoms with Crippen LogP contribution in [0.2, 0.25) is 0 Å². The number of ether oxygens (including phenoxy) is 2. The summed E-state index contributed by atoms with van der Waals surface area (Å²) in [6.07, 6.45) is 3.81. The van der Waals surface area contributed by atoms with Gasteiger partial charge in [0.2, 0.25) is 0 Å². The summed E-state index contributed by atoms with van der Waals surface area (Å²) in [6.45, 7) is 7.93. The first-order chi connectivity index (χ1) is 8.22. The van der Waals surface area contributed by atoms with Crippen molar-refractivity contribution in [2.45, 2.75) is 39.5 Å². The second-order valence-corrected chi connectivity index (χ2v) is 4.86. The van der Waals surface area contributed by atoms with Gasteiger partial charge in [0.1, 0.15) is 6.61 Å². The van der Waals surface area contributed by atoms with Crippen molar-refractivity contribution < 1.29 is 14.3 Å². The van der Waals surface area contributed by atoms with E-state index in [9.17, 15) is 4.79 Å². The third-order valence-corrected chi connectivity index (χ3v) is 3.32. The average molecular weight is 243 g/mol. The van der Waals surface area contributed by atoms with E-state index in [4.69, 9.17) is 9.47 Å². The number of nitrogens with one attached hydrogen (secondary N) is 1. The van der Waals surface area contributed by atoms with E-state index in [0.717, 1.165) is 32.6 Å².